The lowest BCUT2D eigenvalue weighted by molar-refractivity contribution is -0.148. The highest BCUT2D eigenvalue weighted by Gasteiger charge is 2.44. The molecule has 4 nitrogen and oxygen atoms in total. The van der Waals surface area contributed by atoms with Gasteiger partial charge in [-0.3, -0.25) is 4.79 Å². The number of aliphatic carboxylic acids is 1. The minimum atomic E-state index is -1.03. The van der Waals surface area contributed by atoms with Gasteiger partial charge in [0.1, 0.15) is 11.9 Å². The highest BCUT2D eigenvalue weighted by atomic mass is 79.9. The maximum absolute atomic E-state index is 13.4. The van der Waals surface area contributed by atoms with Crippen molar-refractivity contribution in [3.63, 3.8) is 0 Å². The minimum absolute atomic E-state index is 0.152. The number of likely N-dealkylation sites (tertiary alicyclic amines) is 1. The van der Waals surface area contributed by atoms with E-state index in [1.54, 1.807) is 0 Å². The fourth-order valence-corrected chi connectivity index (χ4v) is 3.31. The molecule has 0 aromatic heterocycles. The summed E-state index contributed by atoms with van der Waals surface area (Å²) in [6, 6.07) is 2.92. The monoisotopic (exact) mass is 357 g/mol. The van der Waals surface area contributed by atoms with Crippen LogP contribution in [-0.2, 0) is 4.79 Å². The molecule has 0 bridgehead atoms. The number of carboxylic acids is 1. The standard InChI is InChI=1S/C15H17BrFNO3/c1-15(2)6-3-7-18(12(15)14(20)21)13(19)10-8-9(17)4-5-11(10)16/h4-5,8,12H,3,6-7H2,1-2H3,(H,20,21). The largest absolute Gasteiger partial charge is 0.480 e. The maximum atomic E-state index is 13.4. The molecule has 0 spiro atoms. The Hall–Kier alpha value is -1.43. The van der Waals surface area contributed by atoms with Crippen molar-refractivity contribution >= 4 is 27.8 Å². The highest BCUT2D eigenvalue weighted by molar-refractivity contribution is 9.10. The molecule has 1 amide bonds. The number of hydrogen-bond acceptors (Lipinski definition) is 2. The van der Waals surface area contributed by atoms with Crippen molar-refractivity contribution in [2.75, 3.05) is 6.54 Å². The molecule has 114 valence electrons. The molecule has 1 heterocycles. The highest BCUT2D eigenvalue weighted by Crippen LogP contribution is 2.36. The molecule has 6 heteroatoms. The second-order valence-electron chi connectivity index (χ2n) is 5.96. The van der Waals surface area contributed by atoms with E-state index in [1.165, 1.54) is 17.0 Å². The Morgan fingerprint density at radius 1 is 1.43 bits per heavy atom. The van der Waals surface area contributed by atoms with Gasteiger partial charge in [0.2, 0.25) is 0 Å². The number of nitrogens with zero attached hydrogens (tertiary/aromatic N) is 1. The summed E-state index contributed by atoms with van der Waals surface area (Å²) in [5.74, 6) is -2.01. The van der Waals surface area contributed by atoms with Gasteiger partial charge < -0.3 is 10.0 Å². The van der Waals surface area contributed by atoms with Gasteiger partial charge in [0, 0.05) is 11.0 Å². The van der Waals surface area contributed by atoms with Crippen LogP contribution in [0.25, 0.3) is 0 Å². The summed E-state index contributed by atoms with van der Waals surface area (Å²) >= 11 is 3.22. The molecule has 1 aliphatic rings. The van der Waals surface area contributed by atoms with Crippen molar-refractivity contribution in [1.82, 2.24) is 4.90 Å². The summed E-state index contributed by atoms with van der Waals surface area (Å²) in [4.78, 5) is 25.6. The molecule has 0 saturated carbocycles. The molecule has 21 heavy (non-hydrogen) atoms. The second kappa shape index (κ2) is 5.75. The average molecular weight is 358 g/mol. The molecule has 1 unspecified atom stereocenters. The summed E-state index contributed by atoms with van der Waals surface area (Å²) in [5.41, 5.74) is -0.363. The van der Waals surface area contributed by atoms with E-state index in [1.807, 2.05) is 13.8 Å². The third-order valence-corrected chi connectivity index (χ3v) is 4.62. The van der Waals surface area contributed by atoms with E-state index in [-0.39, 0.29) is 5.56 Å². The number of benzene rings is 1. The topological polar surface area (TPSA) is 57.6 Å². The van der Waals surface area contributed by atoms with Crippen LogP contribution in [0.2, 0.25) is 0 Å². The van der Waals surface area contributed by atoms with Crippen LogP contribution >= 0.6 is 15.9 Å². The van der Waals surface area contributed by atoms with Crippen LogP contribution in [0.4, 0.5) is 4.39 Å². The van der Waals surface area contributed by atoms with Gasteiger partial charge in [0.15, 0.2) is 0 Å². The minimum Gasteiger partial charge on any atom is -0.480 e. The van der Waals surface area contributed by atoms with Crippen LogP contribution in [0, 0.1) is 11.2 Å². The molecule has 1 aliphatic heterocycles. The summed E-state index contributed by atoms with van der Waals surface area (Å²) in [7, 11) is 0. The van der Waals surface area contributed by atoms with Crippen LogP contribution in [-0.4, -0.2) is 34.5 Å². The van der Waals surface area contributed by atoms with E-state index in [0.29, 0.717) is 11.0 Å². The Balaban J connectivity index is 2.41. The van der Waals surface area contributed by atoms with Gasteiger partial charge in [-0.15, -0.1) is 0 Å². The number of carboxylic acid groups (broad SMARTS) is 1. The van der Waals surface area contributed by atoms with E-state index >= 15 is 0 Å². The van der Waals surface area contributed by atoms with Gasteiger partial charge in [0.05, 0.1) is 5.56 Å². The van der Waals surface area contributed by atoms with Gasteiger partial charge in [-0.1, -0.05) is 13.8 Å². The quantitative estimate of drug-likeness (QED) is 0.883. The fourth-order valence-electron chi connectivity index (χ4n) is 2.90. The predicted molar refractivity (Wildman–Crippen MR) is 79.6 cm³/mol. The van der Waals surface area contributed by atoms with Crippen molar-refractivity contribution in [2.24, 2.45) is 5.41 Å². The Morgan fingerprint density at radius 2 is 2.10 bits per heavy atom. The number of amides is 1. The Morgan fingerprint density at radius 3 is 2.71 bits per heavy atom. The normalized spacial score (nSPS) is 21.1. The van der Waals surface area contributed by atoms with Gasteiger partial charge >= 0.3 is 5.97 Å². The first-order valence-corrected chi connectivity index (χ1v) is 7.52. The van der Waals surface area contributed by atoms with Crippen LogP contribution in [0.1, 0.15) is 37.0 Å². The third-order valence-electron chi connectivity index (χ3n) is 3.93. The average Bonchev–Trinajstić information content (AvgIpc) is 2.38. The molecule has 1 aromatic rings. The van der Waals surface area contributed by atoms with E-state index in [2.05, 4.69) is 15.9 Å². The van der Waals surface area contributed by atoms with Crippen molar-refractivity contribution in [3.8, 4) is 0 Å². The lowest BCUT2D eigenvalue weighted by atomic mass is 9.76. The number of carbonyl (C=O) groups excluding carboxylic acids is 1. The SMILES string of the molecule is CC1(C)CCCN(C(=O)c2cc(F)ccc2Br)C1C(=O)O. The lowest BCUT2D eigenvalue weighted by Gasteiger charge is -2.44. The van der Waals surface area contributed by atoms with Crippen molar-refractivity contribution < 1.29 is 19.1 Å². The van der Waals surface area contributed by atoms with E-state index in [0.717, 1.165) is 18.9 Å². The zero-order valence-electron chi connectivity index (χ0n) is 11.9. The van der Waals surface area contributed by atoms with Gasteiger partial charge in [-0.25, -0.2) is 9.18 Å². The van der Waals surface area contributed by atoms with Crippen LogP contribution < -0.4 is 0 Å². The third kappa shape index (κ3) is 3.10. The van der Waals surface area contributed by atoms with E-state index < -0.39 is 29.2 Å². The first-order chi connectivity index (χ1) is 9.74. The zero-order chi connectivity index (χ0) is 15.8. The number of piperidine rings is 1. The van der Waals surface area contributed by atoms with Crippen LogP contribution in [0.5, 0.6) is 0 Å². The maximum Gasteiger partial charge on any atom is 0.326 e. The predicted octanol–water partition coefficient (Wildman–Crippen LogP) is 3.30. The molecule has 2 rings (SSSR count). The lowest BCUT2D eigenvalue weighted by Crippen LogP contribution is -2.56. The Bertz CT molecular complexity index is 588. The zero-order valence-corrected chi connectivity index (χ0v) is 13.5. The van der Waals surface area contributed by atoms with Crippen molar-refractivity contribution in [1.29, 1.82) is 0 Å². The fraction of sp³-hybridized carbons (Fsp3) is 0.467. The molecule has 1 atom stereocenters. The van der Waals surface area contributed by atoms with Gasteiger partial charge in [-0.05, 0) is 52.4 Å². The first-order valence-electron chi connectivity index (χ1n) is 6.73. The second-order valence-corrected chi connectivity index (χ2v) is 6.81. The Kier molecular flexibility index (Phi) is 4.37. The number of hydrogen-bond donors (Lipinski definition) is 1. The molecule has 0 aliphatic carbocycles. The molecule has 0 radical (unpaired) electrons. The first kappa shape index (κ1) is 15.9. The van der Waals surface area contributed by atoms with Crippen LogP contribution in [0.15, 0.2) is 22.7 Å². The summed E-state index contributed by atoms with van der Waals surface area (Å²) in [6.45, 7) is 4.04. The van der Waals surface area contributed by atoms with Gasteiger partial charge in [0.25, 0.3) is 5.91 Å². The Labute approximate surface area is 131 Å². The molecule has 1 saturated heterocycles. The van der Waals surface area contributed by atoms with E-state index in [4.69, 9.17) is 0 Å². The molecule has 1 N–H and O–H groups in total. The number of carbonyl (C=O) groups is 2. The number of rotatable bonds is 2. The van der Waals surface area contributed by atoms with Crippen LogP contribution in [0.3, 0.4) is 0 Å². The molecular weight excluding hydrogens is 341 g/mol. The summed E-state index contributed by atoms with van der Waals surface area (Å²) in [6.07, 6.45) is 1.47. The van der Waals surface area contributed by atoms with Crippen molar-refractivity contribution in [2.45, 2.75) is 32.7 Å². The molecule has 1 fully saturated rings. The summed E-state index contributed by atoms with van der Waals surface area (Å²) in [5, 5.41) is 9.48. The molecular formula is C15H17BrFNO3. The summed E-state index contributed by atoms with van der Waals surface area (Å²) < 4.78 is 13.8. The van der Waals surface area contributed by atoms with Gasteiger partial charge in [-0.2, -0.15) is 0 Å². The smallest absolute Gasteiger partial charge is 0.326 e. The van der Waals surface area contributed by atoms with E-state index in [9.17, 15) is 19.1 Å². The number of halogens is 2. The molecule has 1 aromatic carbocycles. The van der Waals surface area contributed by atoms with Crippen molar-refractivity contribution in [3.05, 3.63) is 34.1 Å².